The number of aliphatic hydroxyl groups is 2. The number of hydrogen-bond acceptors (Lipinski definition) is 9. The number of rotatable bonds is 7. The minimum Gasteiger partial charge on any atom is -0.497 e. The van der Waals surface area contributed by atoms with Gasteiger partial charge in [-0.25, -0.2) is 4.79 Å². The molecule has 31 heavy (non-hydrogen) atoms. The van der Waals surface area contributed by atoms with Gasteiger partial charge < -0.3 is 33.9 Å². The van der Waals surface area contributed by atoms with Crippen molar-refractivity contribution in [2.45, 2.75) is 37.6 Å². The van der Waals surface area contributed by atoms with Crippen molar-refractivity contribution in [3.05, 3.63) is 60.2 Å². The van der Waals surface area contributed by atoms with Crippen molar-refractivity contribution >= 4 is 11.9 Å². The van der Waals surface area contributed by atoms with Crippen LogP contribution in [0.15, 0.2) is 54.6 Å². The summed E-state index contributed by atoms with van der Waals surface area (Å²) in [6, 6.07) is 14.7. The summed E-state index contributed by atoms with van der Waals surface area (Å²) in [6.07, 6.45) is -6.48. The average molecular weight is 432 g/mol. The Kier molecular flexibility index (Phi) is 7.45. The summed E-state index contributed by atoms with van der Waals surface area (Å²) < 4.78 is 27.1. The molecular formula is C22H24O9. The van der Waals surface area contributed by atoms with Crippen LogP contribution >= 0.6 is 0 Å². The van der Waals surface area contributed by atoms with E-state index >= 15 is 0 Å². The standard InChI is InChI=1S/C22H24O9/c1-13(24)28-19-17(12-23)30-22(29-16-10-8-15(27-2)9-11-16)18(25)20(19)31-21(26)14-6-4-3-5-7-14/h3-11,17-20,22-23,25H,12H2,1-2H3/t17-,18+,19-,20-,22+/m1/s1. The fourth-order valence-corrected chi connectivity index (χ4v) is 3.16. The highest BCUT2D eigenvalue weighted by Crippen LogP contribution is 2.29. The summed E-state index contributed by atoms with van der Waals surface area (Å²) in [7, 11) is 1.52. The zero-order valence-corrected chi connectivity index (χ0v) is 17.0. The molecule has 0 aliphatic carbocycles. The number of carbonyl (C=O) groups excluding carboxylic acids is 2. The number of carbonyl (C=O) groups is 2. The highest BCUT2D eigenvalue weighted by Gasteiger charge is 2.50. The minimum atomic E-state index is -1.51. The number of esters is 2. The smallest absolute Gasteiger partial charge is 0.338 e. The van der Waals surface area contributed by atoms with Gasteiger partial charge in [0.2, 0.25) is 6.29 Å². The molecule has 1 aliphatic rings. The van der Waals surface area contributed by atoms with Crippen LogP contribution in [0, 0.1) is 0 Å². The molecule has 1 heterocycles. The van der Waals surface area contributed by atoms with E-state index in [1.54, 1.807) is 54.6 Å². The van der Waals surface area contributed by atoms with Gasteiger partial charge in [-0.05, 0) is 36.4 Å². The summed E-state index contributed by atoms with van der Waals surface area (Å²) in [5.74, 6) is -0.464. The van der Waals surface area contributed by atoms with E-state index in [9.17, 15) is 19.8 Å². The number of benzene rings is 2. The summed E-state index contributed by atoms with van der Waals surface area (Å²) in [6.45, 7) is 0.601. The topological polar surface area (TPSA) is 121 Å². The fraction of sp³-hybridized carbons (Fsp3) is 0.364. The van der Waals surface area contributed by atoms with Gasteiger partial charge in [-0.1, -0.05) is 18.2 Å². The van der Waals surface area contributed by atoms with E-state index in [2.05, 4.69) is 0 Å². The summed E-state index contributed by atoms with van der Waals surface area (Å²) in [5, 5.41) is 20.6. The molecule has 5 atom stereocenters. The molecule has 1 saturated heterocycles. The molecule has 0 unspecified atom stereocenters. The van der Waals surface area contributed by atoms with Crippen LogP contribution in [-0.2, 0) is 19.0 Å². The lowest BCUT2D eigenvalue weighted by molar-refractivity contribution is -0.280. The van der Waals surface area contributed by atoms with Crippen LogP contribution in [0.3, 0.4) is 0 Å². The van der Waals surface area contributed by atoms with Crippen molar-refractivity contribution in [1.29, 1.82) is 0 Å². The van der Waals surface area contributed by atoms with Gasteiger partial charge in [0.1, 0.15) is 17.6 Å². The van der Waals surface area contributed by atoms with Gasteiger partial charge in [-0.2, -0.15) is 0 Å². The van der Waals surface area contributed by atoms with Crippen molar-refractivity contribution in [2.75, 3.05) is 13.7 Å². The zero-order valence-electron chi connectivity index (χ0n) is 17.0. The molecule has 2 aromatic rings. The van der Waals surface area contributed by atoms with E-state index in [0.717, 1.165) is 6.92 Å². The highest BCUT2D eigenvalue weighted by atomic mass is 16.7. The number of aliphatic hydroxyl groups excluding tert-OH is 2. The molecule has 0 radical (unpaired) electrons. The molecule has 2 aromatic carbocycles. The van der Waals surface area contributed by atoms with Crippen LogP contribution in [0.1, 0.15) is 17.3 Å². The number of hydrogen-bond donors (Lipinski definition) is 2. The van der Waals surface area contributed by atoms with E-state index in [1.807, 2.05) is 0 Å². The van der Waals surface area contributed by atoms with Crippen LogP contribution in [0.5, 0.6) is 11.5 Å². The highest BCUT2D eigenvalue weighted by molar-refractivity contribution is 5.89. The molecular weight excluding hydrogens is 408 g/mol. The maximum atomic E-state index is 12.6. The molecule has 1 aliphatic heterocycles. The van der Waals surface area contributed by atoms with E-state index in [-0.39, 0.29) is 5.56 Å². The van der Waals surface area contributed by atoms with Crippen LogP contribution in [-0.4, -0.2) is 66.6 Å². The molecule has 9 nitrogen and oxygen atoms in total. The third-order valence-corrected chi connectivity index (χ3v) is 4.66. The Labute approximate surface area is 179 Å². The van der Waals surface area contributed by atoms with Gasteiger partial charge in [0.05, 0.1) is 19.3 Å². The van der Waals surface area contributed by atoms with Crippen LogP contribution in [0.25, 0.3) is 0 Å². The third kappa shape index (κ3) is 5.52. The number of ether oxygens (including phenoxy) is 5. The third-order valence-electron chi connectivity index (χ3n) is 4.66. The molecule has 166 valence electrons. The quantitative estimate of drug-likeness (QED) is 0.624. The van der Waals surface area contributed by atoms with Gasteiger partial charge >= 0.3 is 11.9 Å². The predicted molar refractivity (Wildman–Crippen MR) is 107 cm³/mol. The summed E-state index contributed by atoms with van der Waals surface area (Å²) in [5.41, 5.74) is 0.246. The molecule has 0 bridgehead atoms. The van der Waals surface area contributed by atoms with Crippen molar-refractivity contribution in [2.24, 2.45) is 0 Å². The fourth-order valence-electron chi connectivity index (χ4n) is 3.16. The molecule has 9 heteroatoms. The van der Waals surface area contributed by atoms with Gasteiger partial charge in [-0.15, -0.1) is 0 Å². The van der Waals surface area contributed by atoms with Gasteiger partial charge in [-0.3, -0.25) is 4.79 Å². The number of methoxy groups -OCH3 is 1. The van der Waals surface area contributed by atoms with E-state index < -0.39 is 49.3 Å². The second kappa shape index (κ2) is 10.3. The van der Waals surface area contributed by atoms with Crippen LogP contribution in [0.4, 0.5) is 0 Å². The molecule has 0 aromatic heterocycles. The second-order valence-corrected chi connectivity index (χ2v) is 6.82. The lowest BCUT2D eigenvalue weighted by Gasteiger charge is -2.42. The van der Waals surface area contributed by atoms with Crippen molar-refractivity contribution in [3.8, 4) is 11.5 Å². The van der Waals surface area contributed by atoms with E-state index in [0.29, 0.717) is 11.5 Å². The zero-order chi connectivity index (χ0) is 22.4. The molecule has 0 amide bonds. The SMILES string of the molecule is COc1ccc(O[C@H]2O[C@H](CO)[C@@H](OC(C)=O)[C@H](OC(=O)c3ccccc3)[C@@H]2O)cc1. The largest absolute Gasteiger partial charge is 0.497 e. The van der Waals surface area contributed by atoms with Crippen LogP contribution in [0.2, 0.25) is 0 Å². The Morgan fingerprint density at radius 1 is 0.968 bits per heavy atom. The van der Waals surface area contributed by atoms with Crippen molar-refractivity contribution in [1.82, 2.24) is 0 Å². The summed E-state index contributed by atoms with van der Waals surface area (Å²) in [4.78, 5) is 24.2. The first-order valence-corrected chi connectivity index (χ1v) is 9.61. The Bertz CT molecular complexity index is 868. The normalized spacial score (nSPS) is 25.4. The minimum absolute atomic E-state index is 0.246. The average Bonchev–Trinajstić information content (AvgIpc) is 2.78. The predicted octanol–water partition coefficient (Wildman–Crippen LogP) is 1.31. The lowest BCUT2D eigenvalue weighted by atomic mass is 9.98. The molecule has 2 N–H and O–H groups in total. The summed E-state index contributed by atoms with van der Waals surface area (Å²) >= 11 is 0. The van der Waals surface area contributed by atoms with E-state index in [1.165, 1.54) is 7.11 Å². The lowest BCUT2D eigenvalue weighted by Crippen LogP contribution is -2.62. The monoisotopic (exact) mass is 432 g/mol. The molecule has 1 fully saturated rings. The molecule has 0 spiro atoms. The Balaban J connectivity index is 1.84. The maximum Gasteiger partial charge on any atom is 0.338 e. The van der Waals surface area contributed by atoms with E-state index in [4.69, 9.17) is 23.7 Å². The van der Waals surface area contributed by atoms with Crippen LogP contribution < -0.4 is 9.47 Å². The first-order valence-electron chi connectivity index (χ1n) is 9.61. The second-order valence-electron chi connectivity index (χ2n) is 6.82. The molecule has 3 rings (SSSR count). The molecule has 0 saturated carbocycles. The van der Waals surface area contributed by atoms with Crippen molar-refractivity contribution < 1.29 is 43.5 Å². The Morgan fingerprint density at radius 2 is 1.61 bits per heavy atom. The van der Waals surface area contributed by atoms with Crippen molar-refractivity contribution in [3.63, 3.8) is 0 Å². The van der Waals surface area contributed by atoms with Gasteiger partial charge in [0.15, 0.2) is 18.3 Å². The Morgan fingerprint density at radius 3 is 2.19 bits per heavy atom. The maximum absolute atomic E-state index is 12.6. The first kappa shape index (κ1) is 22.5. The van der Waals surface area contributed by atoms with Gasteiger partial charge in [0.25, 0.3) is 0 Å². The first-order chi connectivity index (χ1) is 14.9. The van der Waals surface area contributed by atoms with Gasteiger partial charge in [0, 0.05) is 6.92 Å². The Hall–Kier alpha value is -3.14.